The highest BCUT2D eigenvalue weighted by Gasteiger charge is 2.40. The van der Waals surface area contributed by atoms with Gasteiger partial charge in [-0.05, 0) is 149 Å². The van der Waals surface area contributed by atoms with Gasteiger partial charge in [0.2, 0.25) is 11.8 Å². The molecule has 0 bridgehead atoms. The molecule has 6 N–H and O–H groups in total. The molecule has 1 aliphatic heterocycles. The molecule has 0 atom stereocenters. The molecule has 2 aliphatic rings. The third-order valence-electron chi connectivity index (χ3n) is 16.5. The Morgan fingerprint density at radius 1 is 0.583 bits per heavy atom. The second-order valence-corrected chi connectivity index (χ2v) is 27.8. The first-order valence-electron chi connectivity index (χ1n) is 29.0. The number of benzene rings is 7. The summed E-state index contributed by atoms with van der Waals surface area (Å²) >= 11 is 0. The quantitative estimate of drug-likeness (QED) is 0.0124. The van der Waals surface area contributed by atoms with Crippen LogP contribution in [0.5, 0.6) is 0 Å². The number of anilines is 1. The van der Waals surface area contributed by atoms with Crippen LogP contribution in [-0.4, -0.2) is 129 Å². The topological polar surface area (TPSA) is 152 Å². The van der Waals surface area contributed by atoms with E-state index in [1.165, 1.54) is 38.5 Å². The molecule has 1 aliphatic carbocycles. The molecule has 0 spiro atoms. The fourth-order valence-corrected chi connectivity index (χ4v) is 15.0. The van der Waals surface area contributed by atoms with Gasteiger partial charge in [-0.2, -0.15) is 0 Å². The highest BCUT2D eigenvalue weighted by molar-refractivity contribution is 6.98. The maximum Gasteiger partial charge on any atom is 0.488 e. The summed E-state index contributed by atoms with van der Waals surface area (Å²) in [6.45, 7) is 19.8. The van der Waals surface area contributed by atoms with Crippen LogP contribution in [0.3, 0.4) is 0 Å². The summed E-state index contributed by atoms with van der Waals surface area (Å²) < 4.78 is 2.19. The van der Waals surface area contributed by atoms with Gasteiger partial charge >= 0.3 is 14.2 Å². The summed E-state index contributed by atoms with van der Waals surface area (Å²) in [4.78, 5) is 32.1. The molecule has 0 aromatic heterocycles. The van der Waals surface area contributed by atoms with Gasteiger partial charge in [-0.3, -0.25) is 19.4 Å². The van der Waals surface area contributed by atoms with E-state index in [9.17, 15) is 29.7 Å². The first-order valence-corrected chi connectivity index (χ1v) is 32.0. The Morgan fingerprint density at radius 2 is 1.07 bits per heavy atom. The van der Waals surface area contributed by atoms with E-state index in [2.05, 4.69) is 188 Å². The molecule has 2 amide bonds. The second kappa shape index (κ2) is 26.5. The second-order valence-electron chi connectivity index (χ2n) is 23.4. The van der Waals surface area contributed by atoms with Crippen LogP contribution in [0.15, 0.2) is 187 Å². The predicted molar refractivity (Wildman–Crippen MR) is 351 cm³/mol. The standard InChI is InChI=1S/C69H78B2N6O6Si/c1-46(2)68(78)72-35-17-37-76(42-51-19-11-15-23-63(51)70(80)81)44-61-55-21-13-14-22-56(55)62(45-77(38-18-36-73-69(79)47(3)4)43-52-20-12-16-24-64(52)71(82)83)60-39-50(29-32-57(60)61)48-25-27-49(28-26-48)67-58-33-30-53(74(5)6)40-65(58)84(9,10)66-41-54(75(7)8)31-34-59(66)67/h11-16,19-34,39-41,80-83H,1,3,17-18,35-38,42-45H2,2,4-10H3,(H-,72,73,78,79)/p+1. The lowest BCUT2D eigenvalue weighted by molar-refractivity contribution is -0.462. The Labute approximate surface area is 497 Å². The lowest BCUT2D eigenvalue weighted by Crippen LogP contribution is -2.49. The molecule has 0 fully saturated rings. The number of nitrogens with zero attached hydrogens (tertiary/aromatic N) is 4. The largest absolute Gasteiger partial charge is 0.488 e. The zero-order chi connectivity index (χ0) is 60.0. The van der Waals surface area contributed by atoms with Crippen LogP contribution < -0.4 is 31.6 Å². The van der Waals surface area contributed by atoms with Crippen LogP contribution in [0.4, 0.5) is 5.69 Å². The van der Waals surface area contributed by atoms with Crippen molar-refractivity contribution in [2.45, 2.75) is 66.0 Å². The fraction of sp³-hybridized carbons (Fsp3) is 0.261. The highest BCUT2D eigenvalue weighted by atomic mass is 28.3. The molecule has 0 saturated carbocycles. The van der Waals surface area contributed by atoms with Crippen LogP contribution in [0.1, 0.15) is 60.1 Å². The van der Waals surface area contributed by atoms with Crippen LogP contribution >= 0.6 is 0 Å². The molecule has 0 radical (unpaired) electrons. The molecule has 9 rings (SSSR count). The van der Waals surface area contributed by atoms with Gasteiger partial charge in [0.25, 0.3) is 0 Å². The zero-order valence-electron chi connectivity index (χ0n) is 50.0. The number of carbonyl (C=O) groups is 2. The highest BCUT2D eigenvalue weighted by Crippen LogP contribution is 2.43. The molecule has 0 saturated heterocycles. The van der Waals surface area contributed by atoms with Crippen molar-refractivity contribution in [3.05, 3.63) is 220 Å². The molecular weight excluding hydrogens is 1060 g/mol. The average Bonchev–Trinajstić information content (AvgIpc) is 0.918. The number of fused-ring (bicyclic) bond motifs is 4. The van der Waals surface area contributed by atoms with E-state index in [1.54, 1.807) is 26.0 Å². The van der Waals surface area contributed by atoms with E-state index in [1.807, 2.05) is 36.4 Å². The van der Waals surface area contributed by atoms with Crippen molar-refractivity contribution in [2.75, 3.05) is 59.3 Å². The first-order chi connectivity index (χ1) is 40.2. The Balaban J connectivity index is 1.20. The van der Waals surface area contributed by atoms with Crippen molar-refractivity contribution in [3.63, 3.8) is 0 Å². The van der Waals surface area contributed by atoms with Crippen molar-refractivity contribution in [1.82, 2.24) is 20.4 Å². The molecule has 84 heavy (non-hydrogen) atoms. The molecule has 7 aromatic rings. The van der Waals surface area contributed by atoms with E-state index in [0.29, 0.717) is 87.3 Å². The van der Waals surface area contributed by atoms with Gasteiger partial charge in [0.1, 0.15) is 22.2 Å². The minimum Gasteiger partial charge on any atom is -0.423 e. The van der Waals surface area contributed by atoms with Crippen molar-refractivity contribution < 1.29 is 34.3 Å². The van der Waals surface area contributed by atoms with Gasteiger partial charge in [0.15, 0.2) is 5.71 Å². The van der Waals surface area contributed by atoms with E-state index in [-0.39, 0.29) is 11.8 Å². The SMILES string of the molecule is C=C(C)C(=O)NCCCN(Cc1ccccc1B(O)O)Cc1c2ccccc2c(CN(CCCNC(=O)C(=C)C)Cc2ccccc2B(O)O)c2cc(-c3ccc(C4=C5C=CC(=[N+](C)C)C=C5[Si](C)(C)c5cc(N(C)C)ccc54)cc3)ccc12. The minimum atomic E-state index is -2.16. The number of rotatable bonds is 23. The van der Waals surface area contributed by atoms with E-state index in [4.69, 9.17) is 0 Å². The van der Waals surface area contributed by atoms with Crippen LogP contribution in [0.25, 0.3) is 38.2 Å². The third kappa shape index (κ3) is 13.4. The Bertz CT molecular complexity index is 3810. The summed E-state index contributed by atoms with van der Waals surface area (Å²) in [5.41, 5.74) is 15.0. The number of nitrogens with one attached hydrogen (secondary N) is 2. The molecule has 1 heterocycles. The molecule has 7 aromatic carbocycles. The summed E-state index contributed by atoms with van der Waals surface area (Å²) in [6, 6.07) is 46.1. The van der Waals surface area contributed by atoms with Gasteiger partial charge in [0.05, 0.1) is 0 Å². The Morgan fingerprint density at radius 3 is 1.58 bits per heavy atom. The van der Waals surface area contributed by atoms with Crippen LogP contribution in [0.2, 0.25) is 13.1 Å². The lowest BCUT2D eigenvalue weighted by atomic mass is 9.77. The normalized spacial score (nSPS) is 13.5. The maximum absolute atomic E-state index is 12.7. The number of hydrogen-bond donors (Lipinski definition) is 6. The Hall–Kier alpha value is -7.72. The van der Waals surface area contributed by atoms with Crippen LogP contribution in [-0.2, 0) is 35.8 Å². The number of amides is 2. The van der Waals surface area contributed by atoms with E-state index in [0.717, 1.165) is 60.5 Å². The van der Waals surface area contributed by atoms with E-state index >= 15 is 0 Å². The summed E-state index contributed by atoms with van der Waals surface area (Å²) in [6.07, 6.45) is 8.22. The maximum atomic E-state index is 12.7. The van der Waals surface area contributed by atoms with Crippen LogP contribution in [0, 0.1) is 0 Å². The van der Waals surface area contributed by atoms with Gasteiger partial charge in [0, 0.05) is 95.4 Å². The molecule has 12 nitrogen and oxygen atoms in total. The third-order valence-corrected chi connectivity index (χ3v) is 20.1. The smallest absolute Gasteiger partial charge is 0.423 e. The van der Waals surface area contributed by atoms with Gasteiger partial charge in [-0.15, -0.1) is 0 Å². The van der Waals surface area contributed by atoms with Gasteiger partial charge in [-0.1, -0.05) is 142 Å². The lowest BCUT2D eigenvalue weighted by Gasteiger charge is -2.38. The monoisotopic (exact) mass is 1140 g/mol. The number of allylic oxidation sites excluding steroid dienone is 5. The first kappa shape index (κ1) is 60.9. The fourth-order valence-electron chi connectivity index (χ4n) is 11.9. The van der Waals surface area contributed by atoms with Crippen molar-refractivity contribution in [1.29, 1.82) is 0 Å². The summed E-state index contributed by atoms with van der Waals surface area (Å²) in [5.74, 6) is -0.388. The van der Waals surface area contributed by atoms with E-state index < -0.39 is 22.3 Å². The average molecular weight is 1140 g/mol. The van der Waals surface area contributed by atoms with Gasteiger partial charge in [-0.25, -0.2) is 4.58 Å². The molecular formula is C69H79B2N6O6Si+. The van der Waals surface area contributed by atoms with Crippen molar-refractivity contribution >= 4 is 88.8 Å². The molecule has 430 valence electrons. The zero-order valence-corrected chi connectivity index (χ0v) is 51.0. The molecule has 0 unspecified atom stereocenters. The number of hydrogen-bond acceptors (Lipinski definition) is 9. The molecule has 15 heteroatoms. The Kier molecular flexibility index (Phi) is 19.2. The summed E-state index contributed by atoms with van der Waals surface area (Å²) in [5, 5.41) is 55.4. The van der Waals surface area contributed by atoms with Gasteiger partial charge < -0.3 is 35.6 Å². The summed E-state index contributed by atoms with van der Waals surface area (Å²) in [7, 11) is 2.95. The van der Waals surface area contributed by atoms with Crippen molar-refractivity contribution in [3.8, 4) is 11.1 Å². The predicted octanol–water partition coefficient (Wildman–Crippen LogP) is 7.73. The minimum absolute atomic E-state index is 0.193. The van der Waals surface area contributed by atoms with Crippen molar-refractivity contribution in [2.24, 2.45) is 0 Å². The number of carbonyl (C=O) groups excluding carboxylic acids is 2.